The first kappa shape index (κ1) is 19.9. The van der Waals surface area contributed by atoms with Gasteiger partial charge in [0.25, 0.3) is 0 Å². The Labute approximate surface area is 172 Å². The van der Waals surface area contributed by atoms with E-state index in [2.05, 4.69) is 4.98 Å². The molecule has 3 N–H and O–H groups in total. The van der Waals surface area contributed by atoms with E-state index in [4.69, 9.17) is 5.73 Å². The maximum absolute atomic E-state index is 12.9. The summed E-state index contributed by atoms with van der Waals surface area (Å²) < 4.78 is 39.8. The Balaban J connectivity index is 1.68. The fourth-order valence-corrected chi connectivity index (χ4v) is 3.71. The number of imidazole rings is 1. The molecule has 0 aliphatic heterocycles. The van der Waals surface area contributed by atoms with Crippen LogP contribution in [0.25, 0.3) is 16.6 Å². The molecule has 0 spiro atoms. The lowest BCUT2D eigenvalue weighted by Crippen LogP contribution is -2.23. The zero-order valence-corrected chi connectivity index (χ0v) is 16.1. The molecule has 0 saturated carbocycles. The number of rotatable bonds is 4. The molecule has 0 radical (unpaired) electrons. The molecule has 2 aromatic heterocycles. The molecule has 4 aromatic rings. The number of hydrogen-bond donors (Lipinski definition) is 2. The van der Waals surface area contributed by atoms with Gasteiger partial charge in [0.05, 0.1) is 23.9 Å². The molecule has 0 atom stereocenters. The van der Waals surface area contributed by atoms with Crippen molar-refractivity contribution in [2.45, 2.75) is 16.9 Å². The highest BCUT2D eigenvalue weighted by Crippen LogP contribution is 2.37. The summed E-state index contributed by atoms with van der Waals surface area (Å²) in [7, 11) is 0. The molecule has 0 saturated heterocycles. The summed E-state index contributed by atoms with van der Waals surface area (Å²) in [6.45, 7) is 0.157. The summed E-state index contributed by atoms with van der Waals surface area (Å²) in [5, 5.41) is 11.1. The quantitative estimate of drug-likeness (QED) is 0.374. The fraction of sp³-hybridized carbons (Fsp3) is 0.100. The third-order valence-corrected chi connectivity index (χ3v) is 5.20. The van der Waals surface area contributed by atoms with Crippen LogP contribution in [0, 0.1) is 0 Å². The van der Waals surface area contributed by atoms with Crippen molar-refractivity contribution in [3.8, 4) is 11.6 Å². The lowest BCUT2D eigenvalue weighted by atomic mass is 10.1. The van der Waals surface area contributed by atoms with Gasteiger partial charge in [0.1, 0.15) is 0 Å². The number of thioether (sulfide) groups is 1. The predicted octanol–water partition coefficient (Wildman–Crippen LogP) is 4.14. The van der Waals surface area contributed by atoms with Crippen molar-refractivity contribution in [2.75, 3.05) is 5.73 Å². The second-order valence-corrected chi connectivity index (χ2v) is 7.66. The number of fused-ring (bicyclic) bond motifs is 1. The molecule has 2 heterocycles. The summed E-state index contributed by atoms with van der Waals surface area (Å²) in [6.07, 6.45) is 2.89. The smallest absolute Gasteiger partial charge is 0.446 e. The predicted molar refractivity (Wildman–Crippen MR) is 109 cm³/mol. The molecule has 0 fully saturated rings. The van der Waals surface area contributed by atoms with Crippen LogP contribution in [0.1, 0.15) is 5.56 Å². The number of halogens is 3. The van der Waals surface area contributed by atoms with Gasteiger partial charge in [-0.15, -0.1) is 0 Å². The number of nitrogens with zero attached hydrogens (tertiary/aromatic N) is 3. The minimum absolute atomic E-state index is 0.0148. The van der Waals surface area contributed by atoms with Gasteiger partial charge < -0.3 is 10.8 Å². The number of anilines is 1. The second-order valence-electron chi connectivity index (χ2n) is 6.52. The van der Waals surface area contributed by atoms with Crippen LogP contribution in [-0.2, 0) is 6.54 Å². The van der Waals surface area contributed by atoms with E-state index in [9.17, 15) is 23.1 Å². The molecule has 0 bridgehead atoms. The Morgan fingerprint density at radius 1 is 1.10 bits per heavy atom. The second kappa shape index (κ2) is 7.45. The highest BCUT2D eigenvalue weighted by atomic mass is 32.2. The van der Waals surface area contributed by atoms with E-state index in [0.29, 0.717) is 5.69 Å². The van der Waals surface area contributed by atoms with Crippen LogP contribution in [0.3, 0.4) is 0 Å². The standard InChI is InChI=1S/C20H15F3N4O2S/c21-20(22,23)30-15-4-2-14(3-5-15)27-18(28)11-26(19(27)29)10-12-7-8-25-17-6-1-13(24)9-16(12)17/h1-9,11,28H,10,24H2. The van der Waals surface area contributed by atoms with E-state index in [0.717, 1.165) is 21.0 Å². The van der Waals surface area contributed by atoms with Gasteiger partial charge in [-0.1, -0.05) is 0 Å². The third-order valence-electron chi connectivity index (χ3n) is 4.46. The Morgan fingerprint density at radius 3 is 2.53 bits per heavy atom. The van der Waals surface area contributed by atoms with E-state index >= 15 is 0 Å². The third kappa shape index (κ3) is 3.99. The van der Waals surface area contributed by atoms with Gasteiger partial charge in [-0.25, -0.2) is 9.36 Å². The van der Waals surface area contributed by atoms with Gasteiger partial charge in [-0.3, -0.25) is 9.55 Å². The Hall–Kier alpha value is -3.40. The number of aromatic hydroxyl groups is 1. The first-order valence-electron chi connectivity index (χ1n) is 8.72. The maximum atomic E-state index is 12.9. The van der Waals surface area contributed by atoms with Crippen LogP contribution in [0.15, 0.2) is 70.6 Å². The maximum Gasteiger partial charge on any atom is 0.446 e. The normalized spacial score (nSPS) is 11.8. The van der Waals surface area contributed by atoms with Crippen molar-refractivity contribution < 1.29 is 18.3 Å². The number of alkyl halides is 3. The number of nitrogen functional groups attached to an aromatic ring is 1. The van der Waals surface area contributed by atoms with Crippen molar-refractivity contribution in [3.05, 3.63) is 77.0 Å². The Kier molecular flexibility index (Phi) is 4.94. The molecular weight excluding hydrogens is 417 g/mol. The number of pyridine rings is 1. The van der Waals surface area contributed by atoms with Gasteiger partial charge in [-0.05, 0) is 65.9 Å². The van der Waals surface area contributed by atoms with Gasteiger partial charge in [0.15, 0.2) is 0 Å². The van der Waals surface area contributed by atoms with Gasteiger partial charge in [0, 0.05) is 22.2 Å². The Bertz CT molecular complexity index is 1280. The zero-order valence-electron chi connectivity index (χ0n) is 15.3. The lowest BCUT2D eigenvalue weighted by molar-refractivity contribution is -0.0328. The Morgan fingerprint density at radius 2 is 1.83 bits per heavy atom. The van der Waals surface area contributed by atoms with Gasteiger partial charge >= 0.3 is 11.2 Å². The highest BCUT2D eigenvalue weighted by Gasteiger charge is 2.29. The SMILES string of the molecule is Nc1ccc2nccc(Cn3cc(O)n(-c4ccc(SC(F)(F)F)cc4)c3=O)c2c1. The lowest BCUT2D eigenvalue weighted by Gasteiger charge is -2.08. The minimum Gasteiger partial charge on any atom is -0.493 e. The molecule has 30 heavy (non-hydrogen) atoms. The average Bonchev–Trinajstić information content (AvgIpc) is 2.95. The molecule has 0 unspecified atom stereocenters. The van der Waals surface area contributed by atoms with Crippen LogP contribution < -0.4 is 11.4 Å². The van der Waals surface area contributed by atoms with E-state index in [1.165, 1.54) is 35.0 Å². The summed E-state index contributed by atoms with van der Waals surface area (Å²) in [5.74, 6) is -0.325. The topological polar surface area (TPSA) is 86.1 Å². The number of nitrogens with two attached hydrogens (primary N) is 1. The molecule has 154 valence electrons. The van der Waals surface area contributed by atoms with Crippen molar-refractivity contribution in [2.24, 2.45) is 0 Å². The molecule has 10 heteroatoms. The van der Waals surface area contributed by atoms with Crippen LogP contribution in [0.4, 0.5) is 18.9 Å². The van der Waals surface area contributed by atoms with Crippen molar-refractivity contribution in [1.29, 1.82) is 0 Å². The monoisotopic (exact) mass is 432 g/mol. The molecule has 0 amide bonds. The van der Waals surface area contributed by atoms with Crippen molar-refractivity contribution in [1.82, 2.24) is 14.1 Å². The summed E-state index contributed by atoms with van der Waals surface area (Å²) in [5.41, 5.74) is 3.24. The minimum atomic E-state index is -4.40. The molecular formula is C20H15F3N4O2S. The van der Waals surface area contributed by atoms with Crippen molar-refractivity contribution >= 4 is 28.4 Å². The van der Waals surface area contributed by atoms with Crippen molar-refractivity contribution in [3.63, 3.8) is 0 Å². The number of benzene rings is 2. The van der Waals surface area contributed by atoms with E-state index in [1.54, 1.807) is 30.5 Å². The zero-order chi connectivity index (χ0) is 21.5. The van der Waals surface area contributed by atoms with E-state index in [1.807, 2.05) is 0 Å². The van der Waals surface area contributed by atoms with Gasteiger partial charge in [0.2, 0.25) is 5.88 Å². The number of hydrogen-bond acceptors (Lipinski definition) is 5. The van der Waals surface area contributed by atoms with Crippen LogP contribution in [0.5, 0.6) is 5.88 Å². The highest BCUT2D eigenvalue weighted by molar-refractivity contribution is 8.00. The molecule has 2 aromatic carbocycles. The summed E-state index contributed by atoms with van der Waals surface area (Å²) >= 11 is -0.249. The molecule has 0 aliphatic rings. The first-order valence-corrected chi connectivity index (χ1v) is 9.53. The van der Waals surface area contributed by atoms with Gasteiger partial charge in [-0.2, -0.15) is 13.2 Å². The fourth-order valence-electron chi connectivity index (χ4n) is 3.17. The first-order chi connectivity index (χ1) is 14.2. The molecule has 6 nitrogen and oxygen atoms in total. The summed E-state index contributed by atoms with van der Waals surface area (Å²) in [6, 6.07) is 12.2. The number of aromatic nitrogens is 3. The summed E-state index contributed by atoms with van der Waals surface area (Å²) in [4.78, 5) is 17.1. The largest absolute Gasteiger partial charge is 0.493 e. The van der Waals surface area contributed by atoms with E-state index < -0.39 is 11.2 Å². The molecule has 0 aliphatic carbocycles. The molecule has 4 rings (SSSR count). The van der Waals surface area contributed by atoms with Crippen LogP contribution in [-0.4, -0.2) is 24.7 Å². The van der Waals surface area contributed by atoms with Crippen LogP contribution >= 0.6 is 11.8 Å². The van der Waals surface area contributed by atoms with Crippen LogP contribution in [0.2, 0.25) is 0 Å². The van der Waals surface area contributed by atoms with E-state index in [-0.39, 0.29) is 34.8 Å². The average molecular weight is 432 g/mol.